The van der Waals surface area contributed by atoms with Crippen molar-refractivity contribution in [2.45, 2.75) is 96.9 Å². The van der Waals surface area contributed by atoms with Gasteiger partial charge in [0.2, 0.25) is 17.4 Å². The lowest BCUT2D eigenvalue weighted by Crippen LogP contribution is -2.46. The molecule has 60 heavy (non-hydrogen) atoms. The molecule has 3 aromatic rings. The van der Waals surface area contributed by atoms with E-state index in [-0.39, 0.29) is 34.0 Å². The van der Waals surface area contributed by atoms with Gasteiger partial charge < -0.3 is 29.4 Å². The molecule has 6 rings (SSSR count). The first-order valence-electron chi connectivity index (χ1n) is 20.3. The molecule has 0 spiro atoms. The maximum absolute atomic E-state index is 12.4. The quantitative estimate of drug-likeness (QED) is 0.0622. The highest BCUT2D eigenvalue weighted by Gasteiger charge is 2.45. The van der Waals surface area contributed by atoms with E-state index >= 15 is 0 Å². The average molecular weight is 841 g/mol. The number of allylic oxidation sites excluding steroid dienone is 9. The van der Waals surface area contributed by atoms with Crippen LogP contribution < -0.4 is 14.5 Å². The summed E-state index contributed by atoms with van der Waals surface area (Å²) in [5, 5.41) is 19.5. The zero-order valence-electron chi connectivity index (χ0n) is 36.1. The second kappa shape index (κ2) is 16.9. The number of rotatable bonds is 14. The molecule has 0 fully saturated rings. The van der Waals surface area contributed by atoms with Crippen LogP contribution >= 0.6 is 0 Å². The predicted octanol–water partition coefficient (Wildman–Crippen LogP) is 8.90. The molecule has 2 aromatic carbocycles. The first-order chi connectivity index (χ1) is 28.1. The Kier molecular flexibility index (Phi) is 12.5. The highest BCUT2D eigenvalue weighted by molar-refractivity contribution is 7.85. The monoisotopic (exact) mass is 840 g/mol. The second-order valence-electron chi connectivity index (χ2n) is 17.7. The van der Waals surface area contributed by atoms with Crippen LogP contribution in [0.2, 0.25) is 0 Å². The lowest BCUT2D eigenvalue weighted by Gasteiger charge is -2.44. The van der Waals surface area contributed by atoms with E-state index in [9.17, 15) is 28.0 Å². The van der Waals surface area contributed by atoms with Crippen LogP contribution in [-0.4, -0.2) is 76.5 Å². The van der Waals surface area contributed by atoms with E-state index < -0.39 is 21.5 Å². The molecule has 4 heterocycles. The molecule has 0 unspecified atom stereocenters. The first-order valence-corrected chi connectivity index (χ1v) is 21.7. The summed E-state index contributed by atoms with van der Waals surface area (Å²) in [6.07, 6.45) is 16.5. The Balaban J connectivity index is 1.27. The molecule has 13 heteroatoms. The molecule has 0 radical (unpaired) electrons. The number of fused-ring (bicyclic) bond motifs is 3. The largest absolute Gasteiger partial charge is 0.492 e. The van der Waals surface area contributed by atoms with Gasteiger partial charge in [-0.2, -0.15) is 13.0 Å². The summed E-state index contributed by atoms with van der Waals surface area (Å²) in [6, 6.07) is 11.5. The molecule has 0 aliphatic carbocycles. The minimum atomic E-state index is -4.42. The summed E-state index contributed by atoms with van der Waals surface area (Å²) in [6.45, 7) is 19.0. The first kappa shape index (κ1) is 44.2. The molecule has 3 aliphatic heterocycles. The van der Waals surface area contributed by atoms with Gasteiger partial charge in [0.15, 0.2) is 5.71 Å². The van der Waals surface area contributed by atoms with E-state index in [0.717, 1.165) is 57.4 Å². The second-order valence-corrected chi connectivity index (χ2v) is 19.1. The van der Waals surface area contributed by atoms with Gasteiger partial charge in [-0.3, -0.25) is 4.55 Å². The van der Waals surface area contributed by atoms with E-state index in [1.165, 1.54) is 29.8 Å². The van der Waals surface area contributed by atoms with Crippen LogP contribution in [0.3, 0.4) is 0 Å². The van der Waals surface area contributed by atoms with Gasteiger partial charge in [-0.25, -0.2) is 4.79 Å². The predicted molar refractivity (Wildman–Crippen MR) is 235 cm³/mol. The van der Waals surface area contributed by atoms with Crippen molar-refractivity contribution in [1.82, 2.24) is 4.73 Å². The Bertz CT molecular complexity index is 2450. The molecule has 320 valence electrons. The van der Waals surface area contributed by atoms with Crippen molar-refractivity contribution in [3.63, 3.8) is 0 Å². The van der Waals surface area contributed by atoms with Crippen molar-refractivity contribution in [2.24, 2.45) is 5.41 Å². The summed E-state index contributed by atoms with van der Waals surface area (Å²) in [5.41, 5.74) is 7.03. The molecule has 0 saturated heterocycles. The number of anilines is 1. The molecular formula is C47H58N3O9S+. The van der Waals surface area contributed by atoms with Crippen LogP contribution in [0.25, 0.3) is 11.1 Å². The Morgan fingerprint density at radius 3 is 2.33 bits per heavy atom. The summed E-state index contributed by atoms with van der Waals surface area (Å²) < 4.78 is 49.1. The van der Waals surface area contributed by atoms with Crippen LogP contribution in [0.1, 0.15) is 97.8 Å². The van der Waals surface area contributed by atoms with E-state index in [1.54, 1.807) is 13.2 Å². The number of unbranched alkanes of at least 4 members (excludes halogenated alkanes) is 2. The smallest absolute Gasteiger partial charge is 0.333 e. The SMILES string of the molecule is COCCN1c2cc3c(cc2C(C)=CC1(C)C)C(=CC=CC=CC1=[N+](CCCCCC(=O)On2c(O)ccc2O)c2ccc(S(=O)(=O)O)cc2C1(C)C)C=C(C(C)(C)C)O3. The van der Waals surface area contributed by atoms with Gasteiger partial charge in [0.25, 0.3) is 10.1 Å². The Hall–Kier alpha value is -5.37. The van der Waals surface area contributed by atoms with Gasteiger partial charge in [-0.1, -0.05) is 51.2 Å². The third kappa shape index (κ3) is 9.18. The fourth-order valence-electron chi connectivity index (χ4n) is 8.16. The van der Waals surface area contributed by atoms with Crippen molar-refractivity contribution < 1.29 is 46.9 Å². The van der Waals surface area contributed by atoms with Crippen LogP contribution in [0.4, 0.5) is 11.4 Å². The van der Waals surface area contributed by atoms with Crippen molar-refractivity contribution in [3.05, 3.63) is 107 Å². The van der Waals surface area contributed by atoms with Crippen LogP contribution in [-0.2, 0) is 25.1 Å². The average Bonchev–Trinajstić information content (AvgIpc) is 3.58. The zero-order valence-corrected chi connectivity index (χ0v) is 36.9. The summed E-state index contributed by atoms with van der Waals surface area (Å²) in [4.78, 5) is 19.7. The molecule has 0 bridgehead atoms. The minimum Gasteiger partial charge on any atom is -0.492 e. The Morgan fingerprint density at radius 2 is 1.67 bits per heavy atom. The van der Waals surface area contributed by atoms with Crippen LogP contribution in [0, 0.1) is 5.41 Å². The number of ether oxygens (including phenoxy) is 2. The topological polar surface area (TPSA) is 151 Å². The Labute approximate surface area is 353 Å². The molecule has 1 aromatic heterocycles. The molecule has 12 nitrogen and oxygen atoms in total. The number of nitrogens with zero attached hydrogens (tertiary/aromatic N) is 3. The Morgan fingerprint density at radius 1 is 0.950 bits per heavy atom. The summed E-state index contributed by atoms with van der Waals surface area (Å²) in [7, 11) is -2.70. The number of benzene rings is 2. The lowest BCUT2D eigenvalue weighted by atomic mass is 9.81. The molecule has 0 atom stereocenters. The lowest BCUT2D eigenvalue weighted by molar-refractivity contribution is -0.438. The van der Waals surface area contributed by atoms with Gasteiger partial charge in [-0.15, -0.1) is 4.73 Å². The standard InChI is InChI=1S/C47H57N3O9S/c1-31-30-46(5,6)49(24-25-57-9)38-29-39-35(28-34(31)38)32(26-41(58-39)45(2,3)4)16-12-10-13-17-40-47(7,8)36-27-33(60(54,55)56)19-20-37(36)48(40)23-15-11-14-18-44(53)59-50-42(51)21-22-43(50)52/h10,12-13,16-17,19-22,26-30H,11,14-15,18,23-25H2,1-9H3,(H2-,51,52,54,55,56)/p+1. The van der Waals surface area contributed by atoms with Gasteiger partial charge >= 0.3 is 5.97 Å². The van der Waals surface area contributed by atoms with Gasteiger partial charge in [0.1, 0.15) is 18.1 Å². The summed E-state index contributed by atoms with van der Waals surface area (Å²) in [5.74, 6) is 0.332. The van der Waals surface area contributed by atoms with E-state index in [0.29, 0.717) is 37.1 Å². The maximum Gasteiger partial charge on any atom is 0.333 e. The van der Waals surface area contributed by atoms with Gasteiger partial charge in [0.05, 0.1) is 22.5 Å². The third-order valence-corrected chi connectivity index (χ3v) is 12.2. The maximum atomic E-state index is 12.4. The molecule has 3 aliphatic rings. The number of hydrogen-bond acceptors (Lipinski definition) is 9. The van der Waals surface area contributed by atoms with Crippen molar-refractivity contribution in [2.75, 3.05) is 31.7 Å². The van der Waals surface area contributed by atoms with Gasteiger partial charge in [0, 0.05) is 84.6 Å². The number of carbonyl (C=O) groups excluding carboxylic acids is 1. The zero-order chi connectivity index (χ0) is 43.8. The third-order valence-electron chi connectivity index (χ3n) is 11.3. The van der Waals surface area contributed by atoms with Crippen molar-refractivity contribution in [1.29, 1.82) is 0 Å². The molecular weight excluding hydrogens is 783 g/mol. The van der Waals surface area contributed by atoms with E-state index in [4.69, 9.17) is 14.3 Å². The number of carbonyl (C=O) groups is 1. The van der Waals surface area contributed by atoms with Crippen LogP contribution in [0.15, 0.2) is 95.7 Å². The molecule has 0 amide bonds. The minimum absolute atomic E-state index is 0.0838. The fourth-order valence-corrected chi connectivity index (χ4v) is 8.67. The van der Waals surface area contributed by atoms with Crippen molar-refractivity contribution in [3.8, 4) is 17.5 Å². The molecule has 3 N–H and O–H groups in total. The number of aromatic nitrogens is 1. The van der Waals surface area contributed by atoms with Gasteiger partial charge in [-0.05, 0) is 82.9 Å². The fraction of sp³-hybridized carbons (Fsp3) is 0.404. The number of methoxy groups -OCH3 is 1. The van der Waals surface area contributed by atoms with Crippen molar-refractivity contribution >= 4 is 44.3 Å². The van der Waals surface area contributed by atoms with E-state index in [1.807, 2.05) is 38.2 Å². The highest BCUT2D eigenvalue weighted by atomic mass is 32.2. The molecule has 0 saturated carbocycles. The normalized spacial score (nSPS) is 17.8. The highest BCUT2D eigenvalue weighted by Crippen LogP contribution is 2.47. The van der Waals surface area contributed by atoms with Crippen LogP contribution in [0.5, 0.6) is 17.5 Å². The van der Waals surface area contributed by atoms with E-state index in [2.05, 4.69) is 81.4 Å². The summed E-state index contributed by atoms with van der Waals surface area (Å²) >= 11 is 0. The number of aromatic hydroxyl groups is 2. The number of hydrogen-bond donors (Lipinski definition) is 3.